The van der Waals surface area contributed by atoms with Crippen molar-refractivity contribution in [3.8, 4) is 0 Å². The summed E-state index contributed by atoms with van der Waals surface area (Å²) in [6, 6.07) is 0. The molecule has 0 radical (unpaired) electrons. The molecule has 10 nitrogen and oxygen atoms in total. The third kappa shape index (κ3) is 49.7. The molecule has 0 aromatic carbocycles. The zero-order chi connectivity index (χ0) is 55.6. The van der Waals surface area contributed by atoms with E-state index in [9.17, 15) is 35.1 Å². The lowest BCUT2D eigenvalue weighted by atomic mass is 9.97. The summed E-state index contributed by atoms with van der Waals surface area (Å²) in [5.41, 5.74) is 0. The highest BCUT2D eigenvalue weighted by molar-refractivity contribution is 5.79. The first-order chi connectivity index (χ1) is 37.2. The molecular weight excluding hydrogens is 951 g/mol. The number of rotatable bonds is 58. The lowest BCUT2D eigenvalue weighted by Gasteiger charge is -2.40. The van der Waals surface area contributed by atoms with Crippen LogP contribution in [0.5, 0.6) is 0 Å². The Labute approximate surface area is 471 Å². The van der Waals surface area contributed by atoms with Crippen molar-refractivity contribution in [3.05, 3.63) is 0 Å². The second kappa shape index (κ2) is 59.8. The van der Waals surface area contributed by atoms with Crippen LogP contribution in [0.2, 0.25) is 0 Å². The molecule has 1 rings (SSSR count). The molecule has 0 saturated carbocycles. The van der Waals surface area contributed by atoms with Crippen LogP contribution in [0.25, 0.3) is 0 Å². The molecule has 0 bridgehead atoms. The SMILES string of the molecule is CCCCCCCCCCCCCCCCCCCCCCOC(=O)C(CCCCCCCCCCCCCCCC)CC(=O)O.CCCCCCCCCCCCCCCCCCNC1O[C@H](CO)[C@@H](O)[C@H](O)[C@H]1O. The maximum Gasteiger partial charge on any atom is 0.309 e. The highest BCUT2D eigenvalue weighted by Gasteiger charge is 2.43. The summed E-state index contributed by atoms with van der Waals surface area (Å²) in [5, 5.41) is 51.1. The van der Waals surface area contributed by atoms with E-state index in [1.807, 2.05) is 0 Å². The van der Waals surface area contributed by atoms with E-state index >= 15 is 0 Å². The Morgan fingerprint density at radius 1 is 0.408 bits per heavy atom. The van der Waals surface area contributed by atoms with Crippen LogP contribution in [0.15, 0.2) is 0 Å². The number of ether oxygens (including phenoxy) is 2. The van der Waals surface area contributed by atoms with Crippen molar-refractivity contribution >= 4 is 11.9 Å². The van der Waals surface area contributed by atoms with Crippen molar-refractivity contribution in [1.29, 1.82) is 0 Å². The van der Waals surface area contributed by atoms with Gasteiger partial charge in [-0.05, 0) is 25.8 Å². The number of esters is 1. The normalized spacial score (nSPS) is 17.9. The molecule has 76 heavy (non-hydrogen) atoms. The predicted molar refractivity (Wildman–Crippen MR) is 321 cm³/mol. The fourth-order valence-electron chi connectivity index (χ4n) is 10.9. The molecule has 0 aliphatic carbocycles. The monoisotopic (exact) mass is 1080 g/mol. The van der Waals surface area contributed by atoms with Gasteiger partial charge >= 0.3 is 11.9 Å². The smallest absolute Gasteiger partial charge is 0.309 e. The first-order valence-electron chi connectivity index (χ1n) is 33.7. The van der Waals surface area contributed by atoms with E-state index < -0.39 is 42.5 Å². The van der Waals surface area contributed by atoms with Gasteiger partial charge in [-0.15, -0.1) is 0 Å². The lowest BCUT2D eigenvalue weighted by Crippen LogP contribution is -2.62. The quantitative estimate of drug-likeness (QED) is 0.0255. The van der Waals surface area contributed by atoms with Gasteiger partial charge in [-0.1, -0.05) is 329 Å². The average Bonchev–Trinajstić information content (AvgIpc) is 3.41. The van der Waals surface area contributed by atoms with Crippen LogP contribution in [0, 0.1) is 5.92 Å². The number of carbonyl (C=O) groups excluding carboxylic acids is 1. The van der Waals surface area contributed by atoms with E-state index in [4.69, 9.17) is 9.47 Å². The summed E-state index contributed by atoms with van der Waals surface area (Å²) in [4.78, 5) is 23.9. The third-order valence-electron chi connectivity index (χ3n) is 16.2. The Bertz CT molecular complexity index is 1170. The summed E-state index contributed by atoms with van der Waals surface area (Å²) in [6.07, 6.45) is 61.5. The van der Waals surface area contributed by atoms with Gasteiger partial charge in [-0.2, -0.15) is 0 Å². The number of aliphatic carboxylic acids is 1. The number of carboxylic acids is 1. The minimum atomic E-state index is -1.31. The van der Waals surface area contributed by atoms with Crippen LogP contribution >= 0.6 is 0 Å². The number of hydrogen-bond donors (Lipinski definition) is 6. The van der Waals surface area contributed by atoms with E-state index in [1.54, 1.807) is 0 Å². The molecule has 0 aromatic rings. The molecule has 0 amide bonds. The zero-order valence-corrected chi connectivity index (χ0v) is 50.7. The average molecular weight is 1080 g/mol. The first-order valence-corrected chi connectivity index (χ1v) is 33.7. The summed E-state index contributed by atoms with van der Waals surface area (Å²) in [5.74, 6) is -1.68. The van der Waals surface area contributed by atoms with Crippen molar-refractivity contribution in [2.45, 2.75) is 385 Å². The van der Waals surface area contributed by atoms with Gasteiger partial charge in [0.2, 0.25) is 0 Å². The van der Waals surface area contributed by atoms with E-state index in [1.165, 1.54) is 283 Å². The fourth-order valence-corrected chi connectivity index (χ4v) is 10.9. The molecule has 6 N–H and O–H groups in total. The number of hydrogen-bond acceptors (Lipinski definition) is 9. The van der Waals surface area contributed by atoms with Crippen LogP contribution in [0.3, 0.4) is 0 Å². The molecule has 0 aromatic heterocycles. The van der Waals surface area contributed by atoms with Gasteiger partial charge < -0.3 is 35.0 Å². The molecule has 1 aliphatic heterocycles. The van der Waals surface area contributed by atoms with Crippen molar-refractivity contribution < 1.29 is 44.6 Å². The van der Waals surface area contributed by atoms with Gasteiger partial charge in [-0.3, -0.25) is 14.9 Å². The topological polar surface area (TPSA) is 166 Å². The van der Waals surface area contributed by atoms with E-state index in [0.29, 0.717) is 19.6 Å². The molecule has 1 heterocycles. The molecule has 0 spiro atoms. The number of carboxylic acid groups (broad SMARTS) is 1. The second-order valence-corrected chi connectivity index (χ2v) is 23.6. The van der Waals surface area contributed by atoms with Gasteiger partial charge in [0.15, 0.2) is 0 Å². The number of carbonyl (C=O) groups is 2. The third-order valence-corrected chi connectivity index (χ3v) is 16.2. The van der Waals surface area contributed by atoms with Gasteiger partial charge in [0.25, 0.3) is 0 Å². The highest BCUT2D eigenvalue weighted by Crippen LogP contribution is 2.22. The van der Waals surface area contributed by atoms with Crippen molar-refractivity contribution in [1.82, 2.24) is 5.32 Å². The minimum absolute atomic E-state index is 0.101. The highest BCUT2D eigenvalue weighted by atomic mass is 16.6. The molecule has 1 saturated heterocycles. The van der Waals surface area contributed by atoms with Gasteiger partial charge in [0, 0.05) is 0 Å². The fraction of sp³-hybridized carbons (Fsp3) is 0.970. The molecule has 454 valence electrons. The molecule has 6 atom stereocenters. The molecular formula is C66H131NO9. The Balaban J connectivity index is 0.00000161. The lowest BCUT2D eigenvalue weighted by molar-refractivity contribution is -0.236. The van der Waals surface area contributed by atoms with Gasteiger partial charge in [-0.25, -0.2) is 0 Å². The van der Waals surface area contributed by atoms with Crippen molar-refractivity contribution in [2.75, 3.05) is 19.8 Å². The van der Waals surface area contributed by atoms with Crippen molar-refractivity contribution in [3.63, 3.8) is 0 Å². The minimum Gasteiger partial charge on any atom is -0.481 e. The predicted octanol–water partition coefficient (Wildman–Crippen LogP) is 18.0. The summed E-state index contributed by atoms with van der Waals surface area (Å²) in [6.45, 7) is 7.56. The molecule has 1 fully saturated rings. The Kier molecular flexibility index (Phi) is 58.8. The van der Waals surface area contributed by atoms with Crippen LogP contribution in [-0.2, 0) is 19.1 Å². The summed E-state index contributed by atoms with van der Waals surface area (Å²) in [7, 11) is 0. The van der Waals surface area contributed by atoms with Crippen LogP contribution in [-0.4, -0.2) is 87.9 Å². The molecule has 2 unspecified atom stereocenters. The van der Waals surface area contributed by atoms with E-state index in [0.717, 1.165) is 38.5 Å². The van der Waals surface area contributed by atoms with Crippen LogP contribution in [0.1, 0.15) is 355 Å². The second-order valence-electron chi connectivity index (χ2n) is 23.6. The molecule has 1 aliphatic rings. The maximum atomic E-state index is 12.6. The summed E-state index contributed by atoms with van der Waals surface area (Å²) >= 11 is 0. The van der Waals surface area contributed by atoms with E-state index in [2.05, 4.69) is 26.1 Å². The largest absolute Gasteiger partial charge is 0.481 e. The standard InChI is InChI=1S/C42H82O4.C24H49NO5/c1-3-5-7-9-11-13-15-17-19-20-21-22-23-24-26-28-30-32-34-36-38-46-42(45)40(39-41(43)44)37-35-33-31-29-27-25-18-16-14-12-10-8-6-4-2;1-2-3-4-5-6-7-8-9-10-11-12-13-14-15-16-17-18-25-24-23(29)22(28)21(27)20(19-26)30-24/h40H,3-39H2,1-2H3,(H,43,44);20-29H,2-19H2,1H3/t;20-,21-,22+,23-,24?/m.1/s1. The Morgan fingerprint density at radius 3 is 1.00 bits per heavy atom. The number of aliphatic hydroxyl groups is 4. The number of unbranched alkanes of at least 4 members (excludes halogenated alkanes) is 47. The maximum absolute atomic E-state index is 12.6. The van der Waals surface area contributed by atoms with E-state index in [-0.39, 0.29) is 19.0 Å². The van der Waals surface area contributed by atoms with Crippen LogP contribution < -0.4 is 5.32 Å². The summed E-state index contributed by atoms with van der Waals surface area (Å²) < 4.78 is 10.9. The Morgan fingerprint density at radius 2 is 0.697 bits per heavy atom. The van der Waals surface area contributed by atoms with Gasteiger partial charge in [0.1, 0.15) is 30.6 Å². The van der Waals surface area contributed by atoms with Crippen molar-refractivity contribution in [2.24, 2.45) is 5.92 Å². The number of nitrogens with one attached hydrogen (secondary N) is 1. The first kappa shape index (κ1) is 74.7. The van der Waals surface area contributed by atoms with Gasteiger partial charge in [0.05, 0.1) is 25.6 Å². The zero-order valence-electron chi connectivity index (χ0n) is 50.7. The Hall–Kier alpha value is -1.30. The molecule has 10 heteroatoms. The number of aliphatic hydroxyl groups excluding tert-OH is 4. The van der Waals surface area contributed by atoms with Crippen LogP contribution in [0.4, 0.5) is 0 Å².